The third-order valence-electron chi connectivity index (χ3n) is 5.67. The Hall–Kier alpha value is -1.89. The largest absolute Gasteiger partial charge is 0.383 e. The van der Waals surface area contributed by atoms with E-state index in [0.29, 0.717) is 5.82 Å². The Morgan fingerprint density at radius 3 is 2.54 bits per heavy atom. The molecule has 0 amide bonds. The van der Waals surface area contributed by atoms with Crippen molar-refractivity contribution in [2.24, 2.45) is 0 Å². The summed E-state index contributed by atoms with van der Waals surface area (Å²) in [7, 11) is 0. The third-order valence-corrected chi connectivity index (χ3v) is 6.84. The maximum absolute atomic E-state index is 6.31. The van der Waals surface area contributed by atoms with Crippen LogP contribution in [0.5, 0.6) is 0 Å². The molecule has 0 radical (unpaired) electrons. The van der Waals surface area contributed by atoms with Gasteiger partial charge in [-0.3, -0.25) is 4.90 Å². The minimum absolute atomic E-state index is 0.237. The van der Waals surface area contributed by atoms with Crippen LogP contribution in [0.4, 0.5) is 11.5 Å². The van der Waals surface area contributed by atoms with E-state index in [4.69, 9.17) is 10.7 Å². The van der Waals surface area contributed by atoms with E-state index < -0.39 is 0 Å². The van der Waals surface area contributed by atoms with Crippen molar-refractivity contribution in [3.63, 3.8) is 0 Å². The van der Waals surface area contributed by atoms with Gasteiger partial charge in [0.25, 0.3) is 0 Å². The lowest BCUT2D eigenvalue weighted by atomic mass is 10.0. The molecule has 0 atom stereocenters. The number of benzene rings is 1. The van der Waals surface area contributed by atoms with Gasteiger partial charge < -0.3 is 16.0 Å². The molecule has 3 aromatic rings. The Bertz CT molecular complexity index is 980. The van der Waals surface area contributed by atoms with E-state index in [9.17, 15) is 0 Å². The zero-order valence-corrected chi connectivity index (χ0v) is 18.2. The van der Waals surface area contributed by atoms with Crippen LogP contribution in [0, 0.1) is 0 Å². The lowest BCUT2D eigenvalue weighted by Gasteiger charge is -2.43. The summed E-state index contributed by atoms with van der Waals surface area (Å²) in [6.07, 6.45) is 0. The van der Waals surface area contributed by atoms with Crippen LogP contribution in [-0.2, 0) is 6.54 Å². The first-order valence-electron chi connectivity index (χ1n) is 10.2. The van der Waals surface area contributed by atoms with Gasteiger partial charge in [-0.1, -0.05) is 6.92 Å². The second-order valence-corrected chi connectivity index (χ2v) is 9.72. The number of fused-ring (bicyclic) bond motifs is 3. The van der Waals surface area contributed by atoms with Crippen LogP contribution in [0.25, 0.3) is 21.0 Å². The molecule has 1 aromatic carbocycles. The second-order valence-electron chi connectivity index (χ2n) is 8.58. The SMILES string of the molecule is CCNCc1cc2c(N)nc3cc(N4CCN(C(C)(C)C)CC4)ccc3c2s1. The van der Waals surface area contributed by atoms with Crippen molar-refractivity contribution in [2.75, 3.05) is 43.4 Å². The van der Waals surface area contributed by atoms with E-state index in [1.165, 1.54) is 20.7 Å². The molecule has 150 valence electrons. The van der Waals surface area contributed by atoms with Crippen LogP contribution in [0.15, 0.2) is 24.3 Å². The van der Waals surface area contributed by atoms with Crippen LogP contribution < -0.4 is 16.0 Å². The smallest absolute Gasteiger partial charge is 0.132 e. The highest BCUT2D eigenvalue weighted by molar-refractivity contribution is 7.20. The van der Waals surface area contributed by atoms with E-state index in [-0.39, 0.29) is 5.54 Å². The first-order valence-corrected chi connectivity index (χ1v) is 11.0. The van der Waals surface area contributed by atoms with E-state index in [2.05, 4.69) is 67.1 Å². The van der Waals surface area contributed by atoms with E-state index in [1.54, 1.807) is 0 Å². The van der Waals surface area contributed by atoms with Crippen molar-refractivity contribution in [1.29, 1.82) is 0 Å². The maximum atomic E-state index is 6.31. The number of thiophene rings is 1. The van der Waals surface area contributed by atoms with Gasteiger partial charge in [0.2, 0.25) is 0 Å². The second kappa shape index (κ2) is 7.50. The van der Waals surface area contributed by atoms with Gasteiger partial charge in [-0.2, -0.15) is 0 Å². The molecular formula is C22H31N5S. The summed E-state index contributed by atoms with van der Waals surface area (Å²) in [5.41, 5.74) is 8.80. The molecular weight excluding hydrogens is 366 g/mol. The number of rotatable bonds is 4. The molecule has 3 N–H and O–H groups in total. The number of nitrogens with two attached hydrogens (primary N) is 1. The molecule has 1 fully saturated rings. The first-order chi connectivity index (χ1) is 13.4. The fraction of sp³-hybridized carbons (Fsp3) is 0.500. The van der Waals surface area contributed by atoms with Gasteiger partial charge in [0.1, 0.15) is 5.82 Å². The predicted octanol–water partition coefficient (Wildman–Crippen LogP) is 4.06. The lowest BCUT2D eigenvalue weighted by Crippen LogP contribution is -2.53. The van der Waals surface area contributed by atoms with Crippen LogP contribution >= 0.6 is 11.3 Å². The minimum atomic E-state index is 0.237. The zero-order chi connectivity index (χ0) is 19.9. The molecule has 1 aliphatic rings. The lowest BCUT2D eigenvalue weighted by molar-refractivity contribution is 0.128. The van der Waals surface area contributed by atoms with E-state index in [1.807, 2.05) is 11.3 Å². The number of pyridine rings is 1. The van der Waals surface area contributed by atoms with Gasteiger partial charge in [0.15, 0.2) is 0 Å². The molecule has 0 saturated carbocycles. The van der Waals surface area contributed by atoms with E-state index >= 15 is 0 Å². The van der Waals surface area contributed by atoms with Crippen LogP contribution in [0.2, 0.25) is 0 Å². The number of hydrogen-bond donors (Lipinski definition) is 2. The highest BCUT2D eigenvalue weighted by Crippen LogP contribution is 2.36. The number of nitrogens with zero attached hydrogens (tertiary/aromatic N) is 3. The Labute approximate surface area is 171 Å². The Balaban J connectivity index is 1.63. The normalized spacial score (nSPS) is 16.4. The van der Waals surface area contributed by atoms with Crippen molar-refractivity contribution < 1.29 is 0 Å². The number of hydrogen-bond acceptors (Lipinski definition) is 6. The molecule has 5 nitrogen and oxygen atoms in total. The molecule has 1 saturated heterocycles. The summed E-state index contributed by atoms with van der Waals surface area (Å²) in [6, 6.07) is 8.87. The standard InChI is InChI=1S/C22H31N5S/c1-5-24-14-16-13-18-20(28-16)17-7-6-15(12-19(17)25-21(18)23)26-8-10-27(11-9-26)22(2,3)4/h6-7,12-13,24H,5,8-11,14H2,1-4H3,(H2,23,25). The van der Waals surface area contributed by atoms with Crippen molar-refractivity contribution >= 4 is 43.8 Å². The fourth-order valence-electron chi connectivity index (χ4n) is 3.99. The average Bonchev–Trinajstić information content (AvgIpc) is 3.10. The minimum Gasteiger partial charge on any atom is -0.383 e. The van der Waals surface area contributed by atoms with Gasteiger partial charge in [0.05, 0.1) is 5.52 Å². The first kappa shape index (κ1) is 19.4. The molecule has 1 aliphatic heterocycles. The monoisotopic (exact) mass is 397 g/mol. The predicted molar refractivity (Wildman–Crippen MR) is 122 cm³/mol. The van der Waals surface area contributed by atoms with Gasteiger partial charge >= 0.3 is 0 Å². The maximum Gasteiger partial charge on any atom is 0.132 e. The fourth-order valence-corrected chi connectivity index (χ4v) is 5.16. The molecule has 0 bridgehead atoms. The highest BCUT2D eigenvalue weighted by Gasteiger charge is 2.26. The number of aromatic nitrogens is 1. The molecule has 2 aromatic heterocycles. The van der Waals surface area contributed by atoms with E-state index in [0.717, 1.165) is 50.2 Å². The summed E-state index contributed by atoms with van der Waals surface area (Å²) in [5.74, 6) is 0.635. The summed E-state index contributed by atoms with van der Waals surface area (Å²) in [5, 5.41) is 5.68. The van der Waals surface area contributed by atoms with Crippen molar-refractivity contribution in [2.45, 2.75) is 39.8 Å². The third kappa shape index (κ3) is 3.69. The summed E-state index contributed by atoms with van der Waals surface area (Å²) in [4.78, 5) is 11.1. The molecule has 0 aliphatic carbocycles. The van der Waals surface area contributed by atoms with Crippen molar-refractivity contribution in [3.05, 3.63) is 29.1 Å². The summed E-state index contributed by atoms with van der Waals surface area (Å²) < 4.78 is 1.25. The Kier molecular flexibility index (Phi) is 5.21. The van der Waals surface area contributed by atoms with Gasteiger partial charge in [-0.25, -0.2) is 4.98 Å². The molecule has 0 unspecified atom stereocenters. The number of nitrogens with one attached hydrogen (secondary N) is 1. The van der Waals surface area contributed by atoms with Gasteiger partial charge in [0, 0.05) is 64.3 Å². The molecule has 28 heavy (non-hydrogen) atoms. The average molecular weight is 398 g/mol. The Morgan fingerprint density at radius 2 is 1.86 bits per heavy atom. The zero-order valence-electron chi connectivity index (χ0n) is 17.4. The highest BCUT2D eigenvalue weighted by atomic mass is 32.1. The molecule has 0 spiro atoms. The van der Waals surface area contributed by atoms with Gasteiger partial charge in [-0.15, -0.1) is 11.3 Å². The van der Waals surface area contributed by atoms with Crippen molar-refractivity contribution in [3.8, 4) is 0 Å². The topological polar surface area (TPSA) is 57.4 Å². The number of piperazine rings is 1. The molecule has 3 heterocycles. The molecule has 6 heteroatoms. The molecule has 4 rings (SSSR count). The number of nitrogen functional groups attached to an aromatic ring is 1. The van der Waals surface area contributed by atoms with Crippen LogP contribution in [0.3, 0.4) is 0 Å². The van der Waals surface area contributed by atoms with Crippen LogP contribution in [-0.4, -0.2) is 48.1 Å². The van der Waals surface area contributed by atoms with Crippen molar-refractivity contribution in [1.82, 2.24) is 15.2 Å². The van der Waals surface area contributed by atoms with Crippen LogP contribution in [0.1, 0.15) is 32.6 Å². The summed E-state index contributed by atoms with van der Waals surface area (Å²) >= 11 is 1.82. The number of anilines is 2. The Morgan fingerprint density at radius 1 is 1.11 bits per heavy atom. The quantitative estimate of drug-likeness (QED) is 0.695. The summed E-state index contributed by atoms with van der Waals surface area (Å²) in [6.45, 7) is 15.1. The van der Waals surface area contributed by atoms with Gasteiger partial charge in [-0.05, 0) is 51.6 Å².